The lowest BCUT2D eigenvalue weighted by molar-refractivity contribution is 0.410. The maximum Gasteiger partial charge on any atom is 0.138 e. The highest BCUT2D eigenvalue weighted by Crippen LogP contribution is 2.39. The van der Waals surface area contributed by atoms with Crippen molar-refractivity contribution in [2.24, 2.45) is 5.73 Å². The van der Waals surface area contributed by atoms with Crippen LogP contribution in [-0.2, 0) is 0 Å². The number of rotatable bonds is 4. The lowest BCUT2D eigenvalue weighted by Crippen LogP contribution is -2.12. The molecular weight excluding hydrogens is 305 g/mol. The summed E-state index contributed by atoms with van der Waals surface area (Å²) in [5.74, 6) is 1.28. The van der Waals surface area contributed by atoms with Gasteiger partial charge in [-0.3, -0.25) is 0 Å². The molecular formula is C13H13Cl2NO2S. The Morgan fingerprint density at radius 2 is 1.79 bits per heavy atom. The van der Waals surface area contributed by atoms with Gasteiger partial charge in [0.2, 0.25) is 0 Å². The molecule has 19 heavy (non-hydrogen) atoms. The van der Waals surface area contributed by atoms with E-state index in [4.69, 9.17) is 38.4 Å². The lowest BCUT2D eigenvalue weighted by atomic mass is 10.1. The number of hydrogen-bond donors (Lipinski definition) is 1. The predicted molar refractivity (Wildman–Crippen MR) is 79.9 cm³/mol. The van der Waals surface area contributed by atoms with Gasteiger partial charge in [0, 0.05) is 11.1 Å². The van der Waals surface area contributed by atoms with Crippen molar-refractivity contribution in [3.8, 4) is 11.5 Å². The second kappa shape index (κ2) is 6.01. The zero-order valence-electron chi connectivity index (χ0n) is 10.4. The minimum atomic E-state index is -0.383. The number of hydrogen-bond acceptors (Lipinski definition) is 4. The first-order chi connectivity index (χ1) is 9.08. The Hall–Kier alpha value is -0.940. The lowest BCUT2D eigenvalue weighted by Gasteiger charge is -2.15. The average Bonchev–Trinajstić information content (AvgIpc) is 2.88. The summed E-state index contributed by atoms with van der Waals surface area (Å²) in [5.41, 5.74) is 6.99. The van der Waals surface area contributed by atoms with Gasteiger partial charge in [-0.1, -0.05) is 23.2 Å². The Morgan fingerprint density at radius 1 is 1.11 bits per heavy atom. The van der Waals surface area contributed by atoms with E-state index < -0.39 is 0 Å². The van der Waals surface area contributed by atoms with Gasteiger partial charge in [0.05, 0.1) is 30.2 Å². The molecule has 1 aromatic carbocycles. The summed E-state index contributed by atoms with van der Waals surface area (Å²) < 4.78 is 10.4. The van der Waals surface area contributed by atoms with Crippen molar-refractivity contribution in [3.05, 3.63) is 44.1 Å². The smallest absolute Gasteiger partial charge is 0.138 e. The Bertz CT molecular complexity index is 586. The number of methoxy groups -OCH3 is 2. The minimum absolute atomic E-state index is 0.383. The number of thiophene rings is 1. The Morgan fingerprint density at radius 3 is 2.42 bits per heavy atom. The first kappa shape index (κ1) is 14.5. The van der Waals surface area contributed by atoms with Crippen molar-refractivity contribution >= 4 is 34.5 Å². The van der Waals surface area contributed by atoms with E-state index in [1.54, 1.807) is 26.4 Å². The van der Waals surface area contributed by atoms with Crippen molar-refractivity contribution in [2.75, 3.05) is 14.2 Å². The summed E-state index contributed by atoms with van der Waals surface area (Å²) in [7, 11) is 3.15. The third-order valence-corrected chi connectivity index (χ3v) is 4.37. The molecule has 1 aromatic heterocycles. The molecule has 1 heterocycles. The third-order valence-electron chi connectivity index (χ3n) is 2.77. The number of halogens is 2. The zero-order chi connectivity index (χ0) is 14.0. The highest BCUT2D eigenvalue weighted by Gasteiger charge is 2.20. The molecule has 2 aromatic rings. The molecule has 2 N–H and O–H groups in total. The first-order valence-electron chi connectivity index (χ1n) is 5.48. The number of ether oxygens (including phenoxy) is 2. The van der Waals surface area contributed by atoms with Crippen molar-refractivity contribution in [1.82, 2.24) is 0 Å². The standard InChI is InChI=1S/C13H13Cl2NO2S/c1-17-10-3-4-19-13(10)12(16)7-5-9(15)11(18-2)6-8(7)14/h3-6,12H,16H2,1-2H3. The van der Waals surface area contributed by atoms with Gasteiger partial charge in [-0.15, -0.1) is 11.3 Å². The molecule has 102 valence electrons. The van der Waals surface area contributed by atoms with Crippen LogP contribution in [0.5, 0.6) is 11.5 Å². The van der Waals surface area contributed by atoms with Crippen LogP contribution in [0.4, 0.5) is 0 Å². The Balaban J connectivity index is 2.44. The fraction of sp³-hybridized carbons (Fsp3) is 0.231. The Kier molecular flexibility index (Phi) is 4.58. The summed E-state index contributed by atoms with van der Waals surface area (Å²) in [6, 6.07) is 4.88. The maximum absolute atomic E-state index is 6.24. The molecule has 0 bridgehead atoms. The predicted octanol–water partition coefficient (Wildman–Crippen LogP) is 4.12. The SMILES string of the molecule is COc1cc(Cl)c(C(N)c2sccc2OC)cc1Cl. The third kappa shape index (κ3) is 2.82. The van der Waals surface area contributed by atoms with Crippen LogP contribution >= 0.6 is 34.5 Å². The first-order valence-corrected chi connectivity index (χ1v) is 7.12. The molecule has 0 saturated heterocycles. The summed E-state index contributed by atoms with van der Waals surface area (Å²) in [4.78, 5) is 0.908. The second-order valence-corrected chi connectivity index (χ2v) is 5.60. The van der Waals surface area contributed by atoms with Crippen LogP contribution in [0, 0.1) is 0 Å². The molecule has 1 unspecified atom stereocenters. The van der Waals surface area contributed by atoms with E-state index >= 15 is 0 Å². The van der Waals surface area contributed by atoms with E-state index in [1.165, 1.54) is 11.3 Å². The average molecular weight is 318 g/mol. The van der Waals surface area contributed by atoms with Gasteiger partial charge in [-0.05, 0) is 23.1 Å². The fourth-order valence-electron chi connectivity index (χ4n) is 1.78. The summed E-state index contributed by atoms with van der Waals surface area (Å²) >= 11 is 13.9. The van der Waals surface area contributed by atoms with Crippen LogP contribution in [0.25, 0.3) is 0 Å². The van der Waals surface area contributed by atoms with Gasteiger partial charge in [-0.2, -0.15) is 0 Å². The van der Waals surface area contributed by atoms with Crippen LogP contribution in [0.15, 0.2) is 23.6 Å². The molecule has 0 fully saturated rings. The highest BCUT2D eigenvalue weighted by atomic mass is 35.5. The minimum Gasteiger partial charge on any atom is -0.496 e. The van der Waals surface area contributed by atoms with Crippen molar-refractivity contribution in [3.63, 3.8) is 0 Å². The summed E-state index contributed by atoms with van der Waals surface area (Å²) in [5, 5.41) is 2.92. The van der Waals surface area contributed by atoms with Gasteiger partial charge >= 0.3 is 0 Å². The largest absolute Gasteiger partial charge is 0.496 e. The molecule has 3 nitrogen and oxygen atoms in total. The van der Waals surface area contributed by atoms with E-state index in [1.807, 2.05) is 11.4 Å². The number of nitrogens with two attached hydrogens (primary N) is 1. The van der Waals surface area contributed by atoms with Gasteiger partial charge in [0.25, 0.3) is 0 Å². The van der Waals surface area contributed by atoms with E-state index in [-0.39, 0.29) is 6.04 Å². The number of benzene rings is 1. The van der Waals surface area contributed by atoms with E-state index in [0.717, 1.165) is 16.2 Å². The fourth-order valence-corrected chi connectivity index (χ4v) is 3.18. The molecule has 0 aliphatic heterocycles. The highest BCUT2D eigenvalue weighted by molar-refractivity contribution is 7.10. The van der Waals surface area contributed by atoms with Crippen molar-refractivity contribution in [2.45, 2.75) is 6.04 Å². The monoisotopic (exact) mass is 317 g/mol. The van der Waals surface area contributed by atoms with Crippen LogP contribution in [0.2, 0.25) is 10.0 Å². The molecule has 6 heteroatoms. The van der Waals surface area contributed by atoms with Gasteiger partial charge in [0.15, 0.2) is 0 Å². The van der Waals surface area contributed by atoms with Gasteiger partial charge in [-0.25, -0.2) is 0 Å². The van der Waals surface area contributed by atoms with Gasteiger partial charge < -0.3 is 15.2 Å². The topological polar surface area (TPSA) is 44.5 Å². The molecule has 0 amide bonds. The second-order valence-electron chi connectivity index (χ2n) is 3.84. The van der Waals surface area contributed by atoms with E-state index in [9.17, 15) is 0 Å². The van der Waals surface area contributed by atoms with Crippen LogP contribution in [-0.4, -0.2) is 14.2 Å². The normalized spacial score (nSPS) is 12.3. The molecule has 0 spiro atoms. The molecule has 0 aliphatic rings. The van der Waals surface area contributed by atoms with Crippen LogP contribution in [0.3, 0.4) is 0 Å². The molecule has 0 saturated carbocycles. The summed E-state index contributed by atoms with van der Waals surface area (Å²) in [6.07, 6.45) is 0. The molecule has 2 rings (SSSR count). The maximum atomic E-state index is 6.24. The van der Waals surface area contributed by atoms with Gasteiger partial charge in [0.1, 0.15) is 11.5 Å². The van der Waals surface area contributed by atoms with E-state index in [2.05, 4.69) is 0 Å². The summed E-state index contributed by atoms with van der Waals surface area (Å²) in [6.45, 7) is 0. The zero-order valence-corrected chi connectivity index (χ0v) is 12.8. The van der Waals surface area contributed by atoms with Crippen molar-refractivity contribution in [1.29, 1.82) is 0 Å². The van der Waals surface area contributed by atoms with Crippen LogP contribution < -0.4 is 15.2 Å². The molecule has 0 aliphatic carbocycles. The quantitative estimate of drug-likeness (QED) is 0.922. The van der Waals surface area contributed by atoms with Crippen molar-refractivity contribution < 1.29 is 9.47 Å². The van der Waals surface area contributed by atoms with Crippen LogP contribution in [0.1, 0.15) is 16.5 Å². The molecule has 1 atom stereocenters. The van der Waals surface area contributed by atoms with E-state index in [0.29, 0.717) is 15.8 Å². The molecule has 0 radical (unpaired) electrons. The Labute approximate surface area is 125 Å².